The van der Waals surface area contributed by atoms with Crippen LogP contribution in [0.5, 0.6) is 0 Å². The number of likely N-dealkylation sites (N-methyl/N-ethyl adjacent to an activating group) is 1. The van der Waals surface area contributed by atoms with E-state index in [4.69, 9.17) is 4.42 Å². The zero-order valence-electron chi connectivity index (χ0n) is 14.2. The van der Waals surface area contributed by atoms with E-state index >= 15 is 0 Å². The van der Waals surface area contributed by atoms with Gasteiger partial charge in [0, 0.05) is 13.6 Å². The Hall–Kier alpha value is -2.61. The van der Waals surface area contributed by atoms with Gasteiger partial charge < -0.3 is 15.1 Å². The molecule has 1 heterocycles. The second kappa shape index (κ2) is 7.52. The Labute approximate surface area is 146 Å². The third kappa shape index (κ3) is 4.08. The first-order valence-corrected chi connectivity index (χ1v) is 9.16. The number of amides is 2. The van der Waals surface area contributed by atoms with Crippen LogP contribution >= 0.6 is 0 Å². The number of benzene rings is 1. The van der Waals surface area contributed by atoms with Gasteiger partial charge in [-0.25, -0.2) is 8.42 Å². The van der Waals surface area contributed by atoms with Crippen LogP contribution < -0.4 is 10.6 Å². The Morgan fingerprint density at radius 1 is 1.16 bits per heavy atom. The zero-order valence-corrected chi connectivity index (χ0v) is 15.0. The van der Waals surface area contributed by atoms with Crippen molar-refractivity contribution in [3.8, 4) is 0 Å². The van der Waals surface area contributed by atoms with E-state index in [1.165, 1.54) is 19.4 Å². The molecule has 1 aromatic heterocycles. The first-order valence-electron chi connectivity index (χ1n) is 7.62. The Morgan fingerprint density at radius 2 is 1.88 bits per heavy atom. The molecular weight excluding hydrogens is 344 g/mol. The minimum Gasteiger partial charge on any atom is -0.468 e. The SMILES string of the molecule is CNC(=O)C(=O)NC[C@H](c1ccco1)S(=O)(=O)c1cc(C)ccc1C. The molecule has 0 unspecified atom stereocenters. The summed E-state index contributed by atoms with van der Waals surface area (Å²) in [6.45, 7) is 3.22. The molecule has 134 valence electrons. The van der Waals surface area contributed by atoms with Crippen molar-refractivity contribution in [1.82, 2.24) is 10.6 Å². The standard InChI is InChI=1S/C17H20N2O5S/c1-11-6-7-12(2)14(9-11)25(22,23)15(13-5-4-8-24-13)10-19-17(21)16(20)18-3/h4-9,15H,10H2,1-3H3,(H,18,20)(H,19,21)/t15-/m1/s1. The van der Waals surface area contributed by atoms with Gasteiger partial charge in [0.1, 0.15) is 11.0 Å². The first-order chi connectivity index (χ1) is 11.8. The molecule has 1 atom stereocenters. The number of carbonyl (C=O) groups excluding carboxylic acids is 2. The lowest BCUT2D eigenvalue weighted by atomic mass is 10.2. The monoisotopic (exact) mass is 364 g/mol. The van der Waals surface area contributed by atoms with Gasteiger partial charge in [-0.1, -0.05) is 12.1 Å². The molecule has 0 aliphatic rings. The molecule has 0 aliphatic carbocycles. The molecule has 0 saturated carbocycles. The molecular formula is C17H20N2O5S. The van der Waals surface area contributed by atoms with E-state index in [1.807, 2.05) is 6.07 Å². The molecule has 7 nitrogen and oxygen atoms in total. The van der Waals surface area contributed by atoms with Crippen molar-refractivity contribution < 1.29 is 22.4 Å². The highest BCUT2D eigenvalue weighted by Gasteiger charge is 2.33. The maximum Gasteiger partial charge on any atom is 0.309 e. The van der Waals surface area contributed by atoms with E-state index in [0.717, 1.165) is 5.56 Å². The lowest BCUT2D eigenvalue weighted by Crippen LogP contribution is -2.41. The lowest BCUT2D eigenvalue weighted by molar-refractivity contribution is -0.138. The van der Waals surface area contributed by atoms with Crippen LogP contribution in [0, 0.1) is 13.8 Å². The number of hydrogen-bond acceptors (Lipinski definition) is 5. The summed E-state index contributed by atoms with van der Waals surface area (Å²) in [4.78, 5) is 23.2. The highest BCUT2D eigenvalue weighted by molar-refractivity contribution is 7.91. The van der Waals surface area contributed by atoms with Crippen molar-refractivity contribution in [3.05, 3.63) is 53.5 Å². The highest BCUT2D eigenvalue weighted by Crippen LogP contribution is 2.31. The first kappa shape index (κ1) is 18.7. The molecule has 0 aliphatic heterocycles. The van der Waals surface area contributed by atoms with Gasteiger partial charge in [0.05, 0.1) is 11.2 Å². The van der Waals surface area contributed by atoms with Crippen LogP contribution in [-0.2, 0) is 19.4 Å². The summed E-state index contributed by atoms with van der Waals surface area (Å²) < 4.78 is 31.5. The molecule has 8 heteroatoms. The largest absolute Gasteiger partial charge is 0.468 e. The van der Waals surface area contributed by atoms with Crippen LogP contribution in [0.2, 0.25) is 0 Å². The van der Waals surface area contributed by atoms with Gasteiger partial charge in [-0.3, -0.25) is 9.59 Å². The second-order valence-corrected chi connectivity index (χ2v) is 7.71. The molecule has 2 rings (SSSR count). The lowest BCUT2D eigenvalue weighted by Gasteiger charge is -2.18. The fourth-order valence-corrected chi connectivity index (χ4v) is 4.30. The van der Waals surface area contributed by atoms with E-state index in [0.29, 0.717) is 5.56 Å². The number of nitrogens with one attached hydrogen (secondary N) is 2. The maximum atomic E-state index is 13.1. The minimum atomic E-state index is -3.85. The van der Waals surface area contributed by atoms with Gasteiger partial charge in [-0.05, 0) is 43.2 Å². The summed E-state index contributed by atoms with van der Waals surface area (Å²) in [5.74, 6) is -1.56. The van der Waals surface area contributed by atoms with E-state index in [-0.39, 0.29) is 17.2 Å². The van der Waals surface area contributed by atoms with Gasteiger partial charge >= 0.3 is 11.8 Å². The van der Waals surface area contributed by atoms with Gasteiger partial charge in [0.15, 0.2) is 9.84 Å². The third-order valence-electron chi connectivity index (χ3n) is 3.77. The average Bonchev–Trinajstić information content (AvgIpc) is 3.10. The quantitative estimate of drug-likeness (QED) is 0.778. The van der Waals surface area contributed by atoms with Crippen LogP contribution in [0.25, 0.3) is 0 Å². The molecule has 0 saturated heterocycles. The minimum absolute atomic E-state index is 0.170. The Bertz CT molecular complexity index is 872. The van der Waals surface area contributed by atoms with Gasteiger partial charge in [0.2, 0.25) is 0 Å². The molecule has 2 aromatic rings. The van der Waals surface area contributed by atoms with Crippen molar-refractivity contribution in [3.63, 3.8) is 0 Å². The van der Waals surface area contributed by atoms with Crippen molar-refractivity contribution in [1.29, 1.82) is 0 Å². The van der Waals surface area contributed by atoms with Crippen LogP contribution in [0.15, 0.2) is 45.9 Å². The summed E-state index contributed by atoms with van der Waals surface area (Å²) >= 11 is 0. The molecule has 0 fully saturated rings. The number of carbonyl (C=O) groups is 2. The molecule has 25 heavy (non-hydrogen) atoms. The topological polar surface area (TPSA) is 105 Å². The van der Waals surface area contributed by atoms with Crippen LogP contribution in [0.1, 0.15) is 22.1 Å². The Kier molecular flexibility index (Phi) is 5.63. The number of sulfone groups is 1. The van der Waals surface area contributed by atoms with Crippen molar-refractivity contribution in [2.24, 2.45) is 0 Å². The molecule has 0 spiro atoms. The second-order valence-electron chi connectivity index (χ2n) is 5.61. The van der Waals surface area contributed by atoms with Gasteiger partial charge in [-0.2, -0.15) is 0 Å². The molecule has 0 radical (unpaired) electrons. The van der Waals surface area contributed by atoms with Crippen LogP contribution in [0.3, 0.4) is 0 Å². The normalized spacial score (nSPS) is 12.4. The maximum absolute atomic E-state index is 13.1. The van der Waals surface area contributed by atoms with E-state index < -0.39 is 26.9 Å². The smallest absolute Gasteiger partial charge is 0.309 e. The summed E-state index contributed by atoms with van der Waals surface area (Å²) in [6.07, 6.45) is 1.36. The molecule has 1 aromatic carbocycles. The van der Waals surface area contributed by atoms with Crippen molar-refractivity contribution in [2.75, 3.05) is 13.6 Å². The Morgan fingerprint density at radius 3 is 2.48 bits per heavy atom. The zero-order chi connectivity index (χ0) is 18.6. The van der Waals surface area contributed by atoms with E-state index in [1.54, 1.807) is 32.0 Å². The van der Waals surface area contributed by atoms with Gasteiger partial charge in [-0.15, -0.1) is 0 Å². The fraction of sp³-hybridized carbons (Fsp3) is 0.294. The summed E-state index contributed by atoms with van der Waals surface area (Å²) in [7, 11) is -2.53. The fourth-order valence-electron chi connectivity index (χ4n) is 2.38. The summed E-state index contributed by atoms with van der Waals surface area (Å²) in [5.41, 5.74) is 1.40. The van der Waals surface area contributed by atoms with Crippen molar-refractivity contribution >= 4 is 21.7 Å². The van der Waals surface area contributed by atoms with E-state index in [9.17, 15) is 18.0 Å². The third-order valence-corrected chi connectivity index (χ3v) is 5.97. The van der Waals surface area contributed by atoms with Crippen molar-refractivity contribution in [2.45, 2.75) is 24.0 Å². The Balaban J connectivity index is 2.40. The number of rotatable bonds is 5. The number of aryl methyl sites for hydroxylation is 2. The average molecular weight is 364 g/mol. The highest BCUT2D eigenvalue weighted by atomic mass is 32.2. The van der Waals surface area contributed by atoms with Crippen LogP contribution in [0.4, 0.5) is 0 Å². The van der Waals surface area contributed by atoms with E-state index in [2.05, 4.69) is 10.6 Å². The number of furan rings is 1. The van der Waals surface area contributed by atoms with Gasteiger partial charge in [0.25, 0.3) is 0 Å². The predicted octanol–water partition coefficient (Wildman–Crippen LogP) is 1.27. The van der Waals surface area contributed by atoms with Crippen LogP contribution in [-0.4, -0.2) is 33.8 Å². The molecule has 0 bridgehead atoms. The predicted molar refractivity (Wildman–Crippen MR) is 91.6 cm³/mol. The number of hydrogen-bond donors (Lipinski definition) is 2. The molecule has 2 amide bonds. The summed E-state index contributed by atoms with van der Waals surface area (Å²) in [6, 6.07) is 8.23. The molecule has 2 N–H and O–H groups in total. The summed E-state index contributed by atoms with van der Waals surface area (Å²) in [5, 5.41) is 3.39.